The van der Waals surface area contributed by atoms with Gasteiger partial charge in [0, 0.05) is 45.3 Å². The Morgan fingerprint density at radius 2 is 1.93 bits per heavy atom. The molecule has 0 atom stereocenters. The van der Waals surface area contributed by atoms with Gasteiger partial charge in [-0.2, -0.15) is 0 Å². The smallest absolute Gasteiger partial charge is 0.191 e. The highest BCUT2D eigenvalue weighted by Gasteiger charge is 2.09. The minimum atomic E-state index is 0.533. The summed E-state index contributed by atoms with van der Waals surface area (Å²) in [7, 11) is 3.63. The van der Waals surface area contributed by atoms with Crippen LogP contribution in [0.1, 0.15) is 16.8 Å². The number of hydrogen-bond acceptors (Lipinski definition) is 2. The first-order valence-corrected chi connectivity index (χ1v) is 9.30. The van der Waals surface area contributed by atoms with Gasteiger partial charge in [0.05, 0.1) is 17.9 Å². The summed E-state index contributed by atoms with van der Waals surface area (Å²) in [5.41, 5.74) is 3.39. The van der Waals surface area contributed by atoms with Crippen molar-refractivity contribution >= 4 is 29.2 Å². The van der Waals surface area contributed by atoms with Gasteiger partial charge < -0.3 is 19.8 Å². The minimum absolute atomic E-state index is 0.533. The van der Waals surface area contributed by atoms with Gasteiger partial charge in [0.15, 0.2) is 5.96 Å². The summed E-state index contributed by atoms with van der Waals surface area (Å²) in [6, 6.07) is 10.3. The van der Waals surface area contributed by atoms with Crippen LogP contribution in [0.2, 0.25) is 10.2 Å². The molecule has 0 fully saturated rings. The van der Waals surface area contributed by atoms with Crippen molar-refractivity contribution in [1.29, 1.82) is 0 Å². The van der Waals surface area contributed by atoms with Crippen molar-refractivity contribution in [1.82, 2.24) is 24.8 Å². The Morgan fingerprint density at radius 3 is 2.59 bits per heavy atom. The molecule has 6 nitrogen and oxygen atoms in total. The Bertz CT molecular complexity index is 914. The van der Waals surface area contributed by atoms with E-state index in [0.717, 1.165) is 12.2 Å². The van der Waals surface area contributed by atoms with Crippen molar-refractivity contribution in [3.05, 3.63) is 76.0 Å². The van der Waals surface area contributed by atoms with E-state index in [1.165, 1.54) is 11.1 Å². The summed E-state index contributed by atoms with van der Waals surface area (Å²) in [5.74, 6) is 0.712. The van der Waals surface area contributed by atoms with E-state index in [1.807, 2.05) is 34.8 Å². The van der Waals surface area contributed by atoms with Crippen LogP contribution in [0.4, 0.5) is 0 Å². The van der Waals surface area contributed by atoms with Gasteiger partial charge in [-0.25, -0.2) is 4.98 Å². The summed E-state index contributed by atoms with van der Waals surface area (Å²) in [5, 5.41) is 7.69. The molecule has 0 saturated carbocycles. The number of benzene rings is 1. The molecular formula is C19H22Cl2N6. The van der Waals surface area contributed by atoms with Gasteiger partial charge in [0.1, 0.15) is 5.15 Å². The third-order valence-electron chi connectivity index (χ3n) is 4.25. The standard InChI is InChI=1S/C19H22Cl2N6/c1-22-19(25-11-16-9-17(20)18(21)26(16)2)24-10-14-4-3-5-15(8-14)12-27-7-6-23-13-27/h3-9,13H,10-12H2,1-2H3,(H2,22,24,25). The van der Waals surface area contributed by atoms with Crippen molar-refractivity contribution in [3.8, 4) is 0 Å². The number of aromatic nitrogens is 3. The zero-order chi connectivity index (χ0) is 19.2. The first-order valence-electron chi connectivity index (χ1n) is 8.54. The Balaban J connectivity index is 1.55. The Hall–Kier alpha value is -2.44. The first kappa shape index (κ1) is 19.3. The lowest BCUT2D eigenvalue weighted by atomic mass is 10.1. The second-order valence-electron chi connectivity index (χ2n) is 6.17. The van der Waals surface area contributed by atoms with Crippen LogP contribution in [0.3, 0.4) is 0 Å². The molecular weight excluding hydrogens is 383 g/mol. The Labute approximate surface area is 168 Å². The van der Waals surface area contributed by atoms with Crippen molar-refractivity contribution in [2.45, 2.75) is 19.6 Å². The second-order valence-corrected chi connectivity index (χ2v) is 6.93. The largest absolute Gasteiger partial charge is 0.352 e. The SMILES string of the molecule is CN=C(NCc1cccc(Cn2ccnc2)c1)NCc1cc(Cl)c(Cl)n1C. The quantitative estimate of drug-likeness (QED) is 0.488. The maximum Gasteiger partial charge on any atom is 0.191 e. The van der Waals surface area contributed by atoms with Gasteiger partial charge in [-0.1, -0.05) is 47.5 Å². The van der Waals surface area contributed by atoms with Gasteiger partial charge in [0.25, 0.3) is 0 Å². The Morgan fingerprint density at radius 1 is 1.15 bits per heavy atom. The third-order valence-corrected chi connectivity index (χ3v) is 5.09. The summed E-state index contributed by atoms with van der Waals surface area (Å²) in [6.45, 7) is 2.05. The number of aliphatic imine (C=N–C) groups is 1. The van der Waals surface area contributed by atoms with E-state index >= 15 is 0 Å². The monoisotopic (exact) mass is 404 g/mol. The highest BCUT2D eigenvalue weighted by atomic mass is 35.5. The van der Waals surface area contributed by atoms with Crippen LogP contribution in [0.15, 0.2) is 54.0 Å². The van der Waals surface area contributed by atoms with Crippen LogP contribution in [0.5, 0.6) is 0 Å². The number of hydrogen-bond donors (Lipinski definition) is 2. The predicted molar refractivity (Wildman–Crippen MR) is 110 cm³/mol. The summed E-state index contributed by atoms with van der Waals surface area (Å²) >= 11 is 12.2. The van der Waals surface area contributed by atoms with E-state index in [1.54, 1.807) is 13.2 Å². The van der Waals surface area contributed by atoms with E-state index in [0.29, 0.717) is 29.2 Å². The van der Waals surface area contributed by atoms with Crippen LogP contribution in [-0.4, -0.2) is 27.1 Å². The van der Waals surface area contributed by atoms with E-state index in [9.17, 15) is 0 Å². The molecule has 0 aliphatic rings. The van der Waals surface area contributed by atoms with Gasteiger partial charge >= 0.3 is 0 Å². The number of nitrogens with zero attached hydrogens (tertiary/aromatic N) is 4. The molecule has 0 amide bonds. The number of halogens is 2. The highest BCUT2D eigenvalue weighted by Crippen LogP contribution is 2.24. The Kier molecular flexibility index (Phi) is 6.42. The molecule has 0 unspecified atom stereocenters. The molecule has 2 heterocycles. The van der Waals surface area contributed by atoms with Crippen molar-refractivity contribution < 1.29 is 0 Å². The lowest BCUT2D eigenvalue weighted by Gasteiger charge is -2.13. The van der Waals surface area contributed by atoms with Crippen LogP contribution in [0, 0.1) is 0 Å². The molecule has 27 heavy (non-hydrogen) atoms. The van der Waals surface area contributed by atoms with Gasteiger partial charge in [-0.15, -0.1) is 0 Å². The summed E-state index contributed by atoms with van der Waals surface area (Å²) in [6.07, 6.45) is 5.56. The third kappa shape index (κ3) is 5.05. The molecule has 3 aromatic rings. The van der Waals surface area contributed by atoms with E-state index < -0.39 is 0 Å². The topological polar surface area (TPSA) is 59.2 Å². The summed E-state index contributed by atoms with van der Waals surface area (Å²) in [4.78, 5) is 8.35. The predicted octanol–water partition coefficient (Wildman–Crippen LogP) is 3.44. The zero-order valence-electron chi connectivity index (χ0n) is 15.3. The number of guanidine groups is 1. The molecule has 8 heteroatoms. The lowest BCUT2D eigenvalue weighted by molar-refractivity contribution is 0.749. The number of nitrogens with one attached hydrogen (secondary N) is 2. The highest BCUT2D eigenvalue weighted by molar-refractivity contribution is 6.41. The van der Waals surface area contributed by atoms with Gasteiger partial charge in [0.2, 0.25) is 0 Å². The average Bonchev–Trinajstić information content (AvgIpc) is 3.26. The van der Waals surface area contributed by atoms with E-state index in [2.05, 4.69) is 44.9 Å². The van der Waals surface area contributed by atoms with Crippen LogP contribution < -0.4 is 10.6 Å². The normalized spacial score (nSPS) is 11.6. The summed E-state index contributed by atoms with van der Waals surface area (Å²) < 4.78 is 3.90. The number of imidazole rings is 1. The molecule has 0 aliphatic carbocycles. The molecule has 1 aromatic carbocycles. The van der Waals surface area contributed by atoms with Crippen molar-refractivity contribution in [3.63, 3.8) is 0 Å². The van der Waals surface area contributed by atoms with Crippen LogP contribution >= 0.6 is 23.2 Å². The fourth-order valence-corrected chi connectivity index (χ4v) is 3.18. The van der Waals surface area contributed by atoms with Crippen LogP contribution in [-0.2, 0) is 26.7 Å². The molecule has 142 valence electrons. The molecule has 0 aliphatic heterocycles. The van der Waals surface area contributed by atoms with Crippen molar-refractivity contribution in [2.75, 3.05) is 7.05 Å². The first-order chi connectivity index (χ1) is 13.1. The lowest BCUT2D eigenvalue weighted by Crippen LogP contribution is -2.36. The molecule has 0 saturated heterocycles. The molecule has 2 aromatic heterocycles. The maximum absolute atomic E-state index is 6.11. The number of rotatable bonds is 6. The second kappa shape index (κ2) is 8.97. The maximum atomic E-state index is 6.11. The fraction of sp³-hybridized carbons (Fsp3) is 0.263. The van der Waals surface area contributed by atoms with Gasteiger partial charge in [-0.05, 0) is 17.2 Å². The van der Waals surface area contributed by atoms with Crippen LogP contribution in [0.25, 0.3) is 0 Å². The molecule has 3 rings (SSSR count). The molecule has 0 radical (unpaired) electrons. The van der Waals surface area contributed by atoms with Crippen molar-refractivity contribution in [2.24, 2.45) is 12.0 Å². The molecule has 0 spiro atoms. The zero-order valence-corrected chi connectivity index (χ0v) is 16.8. The average molecular weight is 405 g/mol. The molecule has 0 bridgehead atoms. The van der Waals surface area contributed by atoms with E-state index in [-0.39, 0.29) is 0 Å². The van der Waals surface area contributed by atoms with Gasteiger partial charge in [-0.3, -0.25) is 4.99 Å². The molecule has 2 N–H and O–H groups in total. The fourth-order valence-electron chi connectivity index (χ4n) is 2.77. The van der Waals surface area contributed by atoms with E-state index in [4.69, 9.17) is 23.2 Å². The minimum Gasteiger partial charge on any atom is -0.352 e.